The summed E-state index contributed by atoms with van der Waals surface area (Å²) in [5, 5.41) is 2.46. The summed E-state index contributed by atoms with van der Waals surface area (Å²) in [6, 6.07) is 24.1. The lowest BCUT2D eigenvalue weighted by Gasteiger charge is -2.18. The van der Waals surface area contributed by atoms with Crippen LogP contribution in [0.5, 0.6) is 0 Å². The van der Waals surface area contributed by atoms with E-state index in [1.807, 2.05) is 54.6 Å². The lowest BCUT2D eigenvalue weighted by molar-refractivity contribution is 1.13. The average Bonchev–Trinajstić information content (AvgIpc) is 2.68. The van der Waals surface area contributed by atoms with Gasteiger partial charge < -0.3 is 0 Å². The third-order valence-corrected chi connectivity index (χ3v) is 5.16. The monoisotopic (exact) mass is 377 g/mol. The van der Waals surface area contributed by atoms with Crippen LogP contribution in [0.25, 0.3) is 33.3 Å². The highest BCUT2D eigenvalue weighted by Crippen LogP contribution is 2.40. The summed E-state index contributed by atoms with van der Waals surface area (Å²) in [6.07, 6.45) is 0.847. The normalized spacial score (nSPS) is 11.0. The summed E-state index contributed by atoms with van der Waals surface area (Å²) >= 11 is 12.9. The summed E-state index contributed by atoms with van der Waals surface area (Å²) in [4.78, 5) is 4.97. The maximum atomic E-state index is 6.57. The average molecular weight is 378 g/mol. The molecule has 0 bridgehead atoms. The van der Waals surface area contributed by atoms with Crippen molar-refractivity contribution in [1.29, 1.82) is 0 Å². The third-order valence-electron chi connectivity index (χ3n) is 4.59. The second kappa shape index (κ2) is 7.11. The van der Waals surface area contributed by atoms with Crippen molar-refractivity contribution in [3.8, 4) is 22.4 Å². The van der Waals surface area contributed by atoms with E-state index in [9.17, 15) is 0 Å². The maximum Gasteiger partial charge on any atom is 0.0747 e. The highest BCUT2D eigenvalue weighted by atomic mass is 35.5. The van der Waals surface area contributed by atoms with E-state index in [4.69, 9.17) is 28.2 Å². The van der Waals surface area contributed by atoms with Crippen molar-refractivity contribution in [2.24, 2.45) is 0 Å². The molecule has 0 unspecified atom stereocenters. The summed E-state index contributed by atoms with van der Waals surface area (Å²) < 4.78 is 0. The number of rotatable bonds is 3. The van der Waals surface area contributed by atoms with E-state index in [-0.39, 0.29) is 0 Å². The zero-order valence-corrected chi connectivity index (χ0v) is 15.9. The number of aromatic nitrogens is 1. The molecule has 3 aromatic carbocycles. The smallest absolute Gasteiger partial charge is 0.0747 e. The van der Waals surface area contributed by atoms with Gasteiger partial charge in [0.25, 0.3) is 0 Å². The van der Waals surface area contributed by atoms with Gasteiger partial charge >= 0.3 is 0 Å². The highest BCUT2D eigenvalue weighted by molar-refractivity contribution is 6.34. The molecule has 1 aromatic heterocycles. The molecule has 128 valence electrons. The first-order chi connectivity index (χ1) is 12.7. The zero-order valence-electron chi connectivity index (χ0n) is 14.3. The molecule has 0 amide bonds. The van der Waals surface area contributed by atoms with Crippen molar-refractivity contribution in [1.82, 2.24) is 4.98 Å². The number of halogens is 2. The predicted molar refractivity (Wildman–Crippen MR) is 112 cm³/mol. The molecule has 0 aliphatic rings. The van der Waals surface area contributed by atoms with Crippen LogP contribution in [0.15, 0.2) is 72.8 Å². The van der Waals surface area contributed by atoms with E-state index in [0.717, 1.165) is 44.7 Å². The predicted octanol–water partition coefficient (Wildman–Crippen LogP) is 7.44. The Hall–Kier alpha value is -2.35. The number of hydrogen-bond donors (Lipinski definition) is 0. The van der Waals surface area contributed by atoms with E-state index in [2.05, 4.69) is 25.1 Å². The largest absolute Gasteiger partial charge is 0.247 e. The third kappa shape index (κ3) is 2.98. The topological polar surface area (TPSA) is 12.9 Å². The first-order valence-corrected chi connectivity index (χ1v) is 9.37. The fourth-order valence-electron chi connectivity index (χ4n) is 3.43. The van der Waals surface area contributed by atoms with Crippen LogP contribution in [0.4, 0.5) is 0 Å². The Labute approximate surface area is 163 Å². The van der Waals surface area contributed by atoms with Crippen molar-refractivity contribution >= 4 is 34.1 Å². The first kappa shape index (κ1) is 17.1. The number of hydrogen-bond acceptors (Lipinski definition) is 1. The second-order valence-electron chi connectivity index (χ2n) is 6.17. The minimum absolute atomic E-state index is 0.696. The number of pyridine rings is 1. The SMILES string of the molecule is CCc1c(-c2ccccc2)nc2ccc(Cl)cc2c1-c1ccccc1Cl. The zero-order chi connectivity index (χ0) is 18.1. The van der Waals surface area contributed by atoms with Gasteiger partial charge in [-0.2, -0.15) is 0 Å². The summed E-state index contributed by atoms with van der Waals surface area (Å²) in [6.45, 7) is 2.15. The van der Waals surface area contributed by atoms with Gasteiger partial charge in [0.05, 0.1) is 11.2 Å². The summed E-state index contributed by atoms with van der Waals surface area (Å²) in [5.41, 5.74) is 6.33. The molecular formula is C23H17Cl2N. The number of nitrogens with zero attached hydrogens (tertiary/aromatic N) is 1. The molecular weight excluding hydrogens is 361 g/mol. The van der Waals surface area contributed by atoms with Gasteiger partial charge in [-0.1, -0.05) is 78.7 Å². The van der Waals surface area contributed by atoms with Gasteiger partial charge in [-0.05, 0) is 41.8 Å². The van der Waals surface area contributed by atoms with Gasteiger partial charge in [-0.3, -0.25) is 0 Å². The van der Waals surface area contributed by atoms with Crippen molar-refractivity contribution in [2.75, 3.05) is 0 Å². The van der Waals surface area contributed by atoms with Gasteiger partial charge in [0.15, 0.2) is 0 Å². The standard InChI is InChI=1S/C23H17Cl2N/c1-2-17-22(18-10-6-7-11-20(18)25)19-14-16(24)12-13-21(19)26-23(17)15-8-4-3-5-9-15/h3-14H,2H2,1H3. The molecule has 0 spiro atoms. The number of benzene rings is 3. The van der Waals surface area contributed by atoms with Crippen LogP contribution in [0.1, 0.15) is 12.5 Å². The van der Waals surface area contributed by atoms with Crippen molar-refractivity contribution in [3.05, 3.63) is 88.4 Å². The fourth-order valence-corrected chi connectivity index (χ4v) is 3.83. The van der Waals surface area contributed by atoms with E-state index in [1.165, 1.54) is 5.56 Å². The molecule has 4 rings (SSSR count). The molecule has 0 aliphatic heterocycles. The molecule has 0 fully saturated rings. The van der Waals surface area contributed by atoms with Gasteiger partial charge in [0.1, 0.15) is 0 Å². The lowest BCUT2D eigenvalue weighted by atomic mass is 9.90. The van der Waals surface area contributed by atoms with Crippen LogP contribution in [-0.2, 0) is 6.42 Å². The van der Waals surface area contributed by atoms with Crippen LogP contribution in [0.3, 0.4) is 0 Å². The molecule has 4 aromatic rings. The fraction of sp³-hybridized carbons (Fsp3) is 0.0870. The van der Waals surface area contributed by atoms with E-state index in [0.29, 0.717) is 5.02 Å². The Bertz CT molecular complexity index is 1090. The quantitative estimate of drug-likeness (QED) is 0.361. The molecule has 1 nitrogen and oxygen atoms in total. The molecule has 3 heteroatoms. The minimum atomic E-state index is 0.696. The highest BCUT2D eigenvalue weighted by Gasteiger charge is 2.18. The Morgan fingerprint density at radius 3 is 2.31 bits per heavy atom. The second-order valence-corrected chi connectivity index (χ2v) is 7.02. The van der Waals surface area contributed by atoms with Crippen molar-refractivity contribution in [3.63, 3.8) is 0 Å². The van der Waals surface area contributed by atoms with Crippen LogP contribution >= 0.6 is 23.2 Å². The van der Waals surface area contributed by atoms with Gasteiger partial charge in [0, 0.05) is 26.6 Å². The first-order valence-electron chi connectivity index (χ1n) is 8.61. The lowest BCUT2D eigenvalue weighted by Crippen LogP contribution is -1.99. The van der Waals surface area contributed by atoms with Crippen LogP contribution in [0.2, 0.25) is 10.0 Å². The van der Waals surface area contributed by atoms with Crippen LogP contribution in [-0.4, -0.2) is 4.98 Å². The van der Waals surface area contributed by atoms with Crippen molar-refractivity contribution in [2.45, 2.75) is 13.3 Å². The Morgan fingerprint density at radius 2 is 1.58 bits per heavy atom. The summed E-state index contributed by atoms with van der Waals surface area (Å²) in [7, 11) is 0. The number of fused-ring (bicyclic) bond motifs is 1. The molecule has 26 heavy (non-hydrogen) atoms. The summed E-state index contributed by atoms with van der Waals surface area (Å²) in [5.74, 6) is 0. The van der Waals surface area contributed by atoms with Gasteiger partial charge in [-0.15, -0.1) is 0 Å². The Balaban J connectivity index is 2.16. The van der Waals surface area contributed by atoms with E-state index < -0.39 is 0 Å². The van der Waals surface area contributed by atoms with Gasteiger partial charge in [0.2, 0.25) is 0 Å². The minimum Gasteiger partial charge on any atom is -0.247 e. The molecule has 0 radical (unpaired) electrons. The molecule has 1 heterocycles. The Kier molecular flexibility index (Phi) is 4.67. The van der Waals surface area contributed by atoms with Crippen LogP contribution in [0, 0.1) is 0 Å². The maximum absolute atomic E-state index is 6.57. The Morgan fingerprint density at radius 1 is 0.846 bits per heavy atom. The van der Waals surface area contributed by atoms with E-state index >= 15 is 0 Å². The molecule has 0 atom stereocenters. The molecule has 0 aliphatic carbocycles. The van der Waals surface area contributed by atoms with Crippen molar-refractivity contribution < 1.29 is 0 Å². The van der Waals surface area contributed by atoms with Gasteiger partial charge in [-0.25, -0.2) is 4.98 Å². The van der Waals surface area contributed by atoms with Crippen LogP contribution < -0.4 is 0 Å². The van der Waals surface area contributed by atoms with E-state index in [1.54, 1.807) is 0 Å². The molecule has 0 saturated heterocycles. The molecule has 0 N–H and O–H groups in total. The molecule has 0 saturated carbocycles.